The minimum atomic E-state index is 0.389. The SMILES string of the molecule is CCN1CCCC(Nc2ncnc(OC)c2N)C1. The summed E-state index contributed by atoms with van der Waals surface area (Å²) in [5, 5.41) is 3.39. The van der Waals surface area contributed by atoms with E-state index in [0.29, 0.717) is 23.4 Å². The Bertz CT molecular complexity index is 398. The van der Waals surface area contributed by atoms with Crippen molar-refractivity contribution in [3.05, 3.63) is 6.33 Å². The van der Waals surface area contributed by atoms with Crippen LogP contribution in [0, 0.1) is 0 Å². The van der Waals surface area contributed by atoms with Gasteiger partial charge in [0.25, 0.3) is 0 Å². The van der Waals surface area contributed by atoms with Crippen molar-refractivity contribution >= 4 is 11.5 Å². The molecule has 6 heteroatoms. The summed E-state index contributed by atoms with van der Waals surface area (Å²) in [5.74, 6) is 1.10. The summed E-state index contributed by atoms with van der Waals surface area (Å²) in [7, 11) is 1.56. The van der Waals surface area contributed by atoms with Gasteiger partial charge in [0.15, 0.2) is 5.82 Å². The van der Waals surface area contributed by atoms with Crippen molar-refractivity contribution < 1.29 is 4.74 Å². The van der Waals surface area contributed by atoms with E-state index in [9.17, 15) is 0 Å². The molecule has 1 fully saturated rings. The molecule has 0 spiro atoms. The zero-order valence-corrected chi connectivity index (χ0v) is 11.0. The second kappa shape index (κ2) is 5.86. The molecule has 0 bridgehead atoms. The Hall–Kier alpha value is -1.56. The molecule has 0 radical (unpaired) electrons. The van der Waals surface area contributed by atoms with Gasteiger partial charge in [0.1, 0.15) is 12.0 Å². The molecule has 0 aliphatic carbocycles. The number of piperidine rings is 1. The van der Waals surface area contributed by atoms with E-state index in [0.717, 1.165) is 19.5 Å². The number of hydrogen-bond acceptors (Lipinski definition) is 6. The maximum Gasteiger partial charge on any atom is 0.242 e. The van der Waals surface area contributed by atoms with Crippen LogP contribution in [0.15, 0.2) is 6.33 Å². The highest BCUT2D eigenvalue weighted by molar-refractivity contribution is 5.66. The van der Waals surface area contributed by atoms with Crippen molar-refractivity contribution in [3.8, 4) is 5.88 Å². The zero-order valence-electron chi connectivity index (χ0n) is 11.0. The lowest BCUT2D eigenvalue weighted by atomic mass is 10.1. The van der Waals surface area contributed by atoms with Crippen molar-refractivity contribution in [2.24, 2.45) is 0 Å². The highest BCUT2D eigenvalue weighted by Crippen LogP contribution is 2.25. The average molecular weight is 251 g/mol. The molecule has 6 nitrogen and oxygen atoms in total. The maximum atomic E-state index is 5.95. The molecular formula is C12H21N5O. The predicted octanol–water partition coefficient (Wildman–Crippen LogP) is 0.964. The van der Waals surface area contributed by atoms with Crippen LogP contribution >= 0.6 is 0 Å². The number of nitrogen functional groups attached to an aromatic ring is 1. The van der Waals surface area contributed by atoms with Crippen LogP contribution in [0.3, 0.4) is 0 Å². The summed E-state index contributed by atoms with van der Waals surface area (Å²) in [6.45, 7) is 5.48. The van der Waals surface area contributed by atoms with Gasteiger partial charge < -0.3 is 20.7 Å². The molecule has 1 aromatic heterocycles. The molecule has 3 N–H and O–H groups in total. The molecule has 2 rings (SSSR count). The van der Waals surface area contributed by atoms with E-state index in [-0.39, 0.29) is 0 Å². The Morgan fingerprint density at radius 1 is 1.56 bits per heavy atom. The fourth-order valence-electron chi connectivity index (χ4n) is 2.31. The smallest absolute Gasteiger partial charge is 0.242 e. The molecular weight excluding hydrogens is 230 g/mol. The van der Waals surface area contributed by atoms with Crippen LogP contribution in [0.1, 0.15) is 19.8 Å². The van der Waals surface area contributed by atoms with Crippen molar-refractivity contribution in [1.82, 2.24) is 14.9 Å². The number of hydrogen-bond donors (Lipinski definition) is 2. The highest BCUT2D eigenvalue weighted by atomic mass is 16.5. The summed E-state index contributed by atoms with van der Waals surface area (Å²) in [5.41, 5.74) is 6.43. The zero-order chi connectivity index (χ0) is 13.0. The first kappa shape index (κ1) is 12.9. The number of nitrogens with zero attached hydrogens (tertiary/aromatic N) is 3. The van der Waals surface area contributed by atoms with E-state index in [1.807, 2.05) is 0 Å². The van der Waals surface area contributed by atoms with E-state index in [4.69, 9.17) is 10.5 Å². The van der Waals surface area contributed by atoms with Gasteiger partial charge in [0.05, 0.1) is 7.11 Å². The number of anilines is 2. The van der Waals surface area contributed by atoms with E-state index in [2.05, 4.69) is 27.1 Å². The van der Waals surface area contributed by atoms with Crippen molar-refractivity contribution in [2.45, 2.75) is 25.8 Å². The second-order valence-corrected chi connectivity index (χ2v) is 4.52. The lowest BCUT2D eigenvalue weighted by Crippen LogP contribution is -2.42. The Morgan fingerprint density at radius 2 is 2.39 bits per heavy atom. The van der Waals surface area contributed by atoms with E-state index >= 15 is 0 Å². The third kappa shape index (κ3) is 2.81. The average Bonchev–Trinajstić information content (AvgIpc) is 2.41. The van der Waals surface area contributed by atoms with Gasteiger partial charge in [0, 0.05) is 12.6 Å². The molecule has 1 aromatic rings. The third-order valence-electron chi connectivity index (χ3n) is 3.33. The number of nitrogens with one attached hydrogen (secondary N) is 1. The first-order valence-corrected chi connectivity index (χ1v) is 6.38. The van der Waals surface area contributed by atoms with Gasteiger partial charge in [-0.3, -0.25) is 0 Å². The van der Waals surface area contributed by atoms with Gasteiger partial charge in [-0.1, -0.05) is 6.92 Å². The fourth-order valence-corrected chi connectivity index (χ4v) is 2.31. The molecule has 0 amide bonds. The molecule has 0 aromatic carbocycles. The largest absolute Gasteiger partial charge is 0.479 e. The molecule has 18 heavy (non-hydrogen) atoms. The summed E-state index contributed by atoms with van der Waals surface area (Å²) < 4.78 is 5.09. The van der Waals surface area contributed by atoms with E-state index in [1.165, 1.54) is 19.3 Å². The molecule has 2 heterocycles. The van der Waals surface area contributed by atoms with Gasteiger partial charge in [-0.2, -0.15) is 4.98 Å². The second-order valence-electron chi connectivity index (χ2n) is 4.52. The molecule has 1 saturated heterocycles. The monoisotopic (exact) mass is 251 g/mol. The molecule has 100 valence electrons. The Labute approximate surface area is 108 Å². The van der Waals surface area contributed by atoms with E-state index in [1.54, 1.807) is 7.11 Å². The standard InChI is InChI=1S/C12H21N5O/c1-3-17-6-4-5-9(7-17)16-11-10(13)12(18-2)15-8-14-11/h8-9H,3-7,13H2,1-2H3,(H,14,15,16). The van der Waals surface area contributed by atoms with Crippen molar-refractivity contribution in [2.75, 3.05) is 37.8 Å². The molecule has 1 aliphatic rings. The summed E-state index contributed by atoms with van der Waals surface area (Å²) in [4.78, 5) is 10.6. The summed E-state index contributed by atoms with van der Waals surface area (Å²) in [6, 6.07) is 0.389. The number of likely N-dealkylation sites (N-methyl/N-ethyl adjacent to an activating group) is 1. The van der Waals surface area contributed by atoms with Crippen LogP contribution in [0.5, 0.6) is 5.88 Å². The Kier molecular flexibility index (Phi) is 4.19. The van der Waals surface area contributed by atoms with Gasteiger partial charge in [-0.15, -0.1) is 0 Å². The minimum absolute atomic E-state index is 0.389. The third-order valence-corrected chi connectivity index (χ3v) is 3.33. The number of methoxy groups -OCH3 is 1. The lowest BCUT2D eigenvalue weighted by molar-refractivity contribution is 0.226. The summed E-state index contributed by atoms with van der Waals surface area (Å²) in [6.07, 6.45) is 3.81. The van der Waals surface area contributed by atoms with Gasteiger partial charge in [-0.05, 0) is 25.9 Å². The predicted molar refractivity (Wildman–Crippen MR) is 71.8 cm³/mol. The van der Waals surface area contributed by atoms with Crippen LogP contribution < -0.4 is 15.8 Å². The quantitative estimate of drug-likeness (QED) is 0.830. The van der Waals surface area contributed by atoms with Gasteiger partial charge in [0.2, 0.25) is 5.88 Å². The number of rotatable bonds is 4. The van der Waals surface area contributed by atoms with Gasteiger partial charge >= 0.3 is 0 Å². The number of likely N-dealkylation sites (tertiary alicyclic amines) is 1. The number of aromatic nitrogens is 2. The Balaban J connectivity index is 2.04. The minimum Gasteiger partial charge on any atom is -0.479 e. The highest BCUT2D eigenvalue weighted by Gasteiger charge is 2.20. The van der Waals surface area contributed by atoms with Crippen LogP contribution in [0.2, 0.25) is 0 Å². The van der Waals surface area contributed by atoms with Crippen molar-refractivity contribution in [3.63, 3.8) is 0 Å². The Morgan fingerprint density at radius 3 is 3.11 bits per heavy atom. The lowest BCUT2D eigenvalue weighted by Gasteiger charge is -2.32. The first-order chi connectivity index (χ1) is 8.74. The molecule has 1 unspecified atom stereocenters. The normalized spacial score (nSPS) is 20.7. The van der Waals surface area contributed by atoms with Crippen LogP contribution in [0.4, 0.5) is 11.5 Å². The number of nitrogens with two attached hydrogens (primary N) is 1. The first-order valence-electron chi connectivity index (χ1n) is 6.38. The number of ether oxygens (including phenoxy) is 1. The van der Waals surface area contributed by atoms with Gasteiger partial charge in [-0.25, -0.2) is 4.98 Å². The topological polar surface area (TPSA) is 76.3 Å². The van der Waals surface area contributed by atoms with Crippen LogP contribution in [-0.4, -0.2) is 47.7 Å². The van der Waals surface area contributed by atoms with Crippen LogP contribution in [-0.2, 0) is 0 Å². The van der Waals surface area contributed by atoms with E-state index < -0.39 is 0 Å². The fraction of sp³-hybridized carbons (Fsp3) is 0.667. The molecule has 0 saturated carbocycles. The summed E-state index contributed by atoms with van der Waals surface area (Å²) >= 11 is 0. The maximum absolute atomic E-state index is 5.95. The molecule has 1 aliphatic heterocycles. The van der Waals surface area contributed by atoms with Crippen LogP contribution in [0.25, 0.3) is 0 Å². The van der Waals surface area contributed by atoms with Crippen molar-refractivity contribution in [1.29, 1.82) is 0 Å². The molecule has 1 atom stereocenters.